The van der Waals surface area contributed by atoms with E-state index >= 15 is 0 Å². The van der Waals surface area contributed by atoms with Crippen molar-refractivity contribution in [2.45, 2.75) is 63.5 Å². The average molecular weight is 275 g/mol. The van der Waals surface area contributed by atoms with E-state index in [0.29, 0.717) is 24.4 Å². The van der Waals surface area contributed by atoms with Crippen LogP contribution in [0.1, 0.15) is 56.9 Å². The molecule has 3 heteroatoms. The summed E-state index contributed by atoms with van der Waals surface area (Å²) >= 11 is 0. The maximum Gasteiger partial charge on any atom is 0.303 e. The lowest BCUT2D eigenvalue weighted by Gasteiger charge is -2.31. The fourth-order valence-corrected chi connectivity index (χ4v) is 3.14. The first-order valence-electron chi connectivity index (χ1n) is 7.68. The molecule has 1 aromatic carbocycles. The molecule has 2 rings (SSSR count). The molecule has 1 unspecified atom stereocenters. The van der Waals surface area contributed by atoms with E-state index in [4.69, 9.17) is 5.11 Å². The Bertz CT molecular complexity index is 410. The predicted molar refractivity (Wildman–Crippen MR) is 80.9 cm³/mol. The standard InChI is InChI=1S/C17H25NO2/c1-13(7-12-17(19)20)18-16-10-8-15(9-11-16)14-5-3-2-4-6-14/h2-6,13,15-16,18H,7-12H2,1H3,(H,19,20). The summed E-state index contributed by atoms with van der Waals surface area (Å²) in [6.45, 7) is 2.09. The van der Waals surface area contributed by atoms with Crippen molar-refractivity contribution in [3.05, 3.63) is 35.9 Å². The van der Waals surface area contributed by atoms with Crippen molar-refractivity contribution in [3.63, 3.8) is 0 Å². The average Bonchev–Trinajstić information content (AvgIpc) is 2.47. The highest BCUT2D eigenvalue weighted by Crippen LogP contribution is 2.32. The van der Waals surface area contributed by atoms with E-state index in [-0.39, 0.29) is 6.42 Å². The van der Waals surface area contributed by atoms with Crippen LogP contribution >= 0.6 is 0 Å². The highest BCUT2D eigenvalue weighted by atomic mass is 16.4. The largest absolute Gasteiger partial charge is 0.481 e. The summed E-state index contributed by atoms with van der Waals surface area (Å²) in [5.41, 5.74) is 1.46. The second-order valence-corrected chi connectivity index (χ2v) is 5.96. The van der Waals surface area contributed by atoms with Crippen molar-refractivity contribution < 1.29 is 9.90 Å². The Morgan fingerprint density at radius 1 is 1.25 bits per heavy atom. The van der Waals surface area contributed by atoms with Gasteiger partial charge < -0.3 is 10.4 Å². The van der Waals surface area contributed by atoms with E-state index in [0.717, 1.165) is 0 Å². The minimum atomic E-state index is -0.702. The third-order valence-corrected chi connectivity index (χ3v) is 4.31. The number of nitrogens with one attached hydrogen (secondary N) is 1. The Hall–Kier alpha value is -1.35. The lowest BCUT2D eigenvalue weighted by Crippen LogP contribution is -2.39. The number of rotatable bonds is 6. The Balaban J connectivity index is 1.73. The van der Waals surface area contributed by atoms with Crippen LogP contribution in [0.2, 0.25) is 0 Å². The SMILES string of the molecule is CC(CCC(=O)O)NC1CCC(c2ccccc2)CC1. The van der Waals surface area contributed by atoms with Crippen LogP contribution in [0.25, 0.3) is 0 Å². The molecule has 1 saturated carbocycles. The normalized spacial score (nSPS) is 24.2. The predicted octanol–water partition coefficient (Wildman–Crippen LogP) is 3.56. The first kappa shape index (κ1) is 15.0. The van der Waals surface area contributed by atoms with Gasteiger partial charge in [-0.25, -0.2) is 0 Å². The molecular weight excluding hydrogens is 250 g/mol. The third-order valence-electron chi connectivity index (χ3n) is 4.31. The zero-order chi connectivity index (χ0) is 14.4. The van der Waals surface area contributed by atoms with Crippen LogP contribution in [-0.4, -0.2) is 23.2 Å². The molecule has 0 aliphatic heterocycles. The molecule has 1 fully saturated rings. The number of carbonyl (C=O) groups is 1. The lowest BCUT2D eigenvalue weighted by molar-refractivity contribution is -0.137. The van der Waals surface area contributed by atoms with Crippen molar-refractivity contribution >= 4 is 5.97 Å². The summed E-state index contributed by atoms with van der Waals surface area (Å²) in [7, 11) is 0. The van der Waals surface area contributed by atoms with Gasteiger partial charge in [-0.15, -0.1) is 0 Å². The van der Waals surface area contributed by atoms with Gasteiger partial charge in [-0.1, -0.05) is 30.3 Å². The highest BCUT2D eigenvalue weighted by molar-refractivity contribution is 5.66. The number of hydrogen-bond acceptors (Lipinski definition) is 2. The zero-order valence-corrected chi connectivity index (χ0v) is 12.2. The molecule has 3 nitrogen and oxygen atoms in total. The molecule has 1 aliphatic rings. The van der Waals surface area contributed by atoms with Gasteiger partial charge >= 0.3 is 5.97 Å². The van der Waals surface area contributed by atoms with Gasteiger partial charge in [0.2, 0.25) is 0 Å². The number of hydrogen-bond donors (Lipinski definition) is 2. The van der Waals surface area contributed by atoms with Gasteiger partial charge in [-0.2, -0.15) is 0 Å². The molecular formula is C17H25NO2. The van der Waals surface area contributed by atoms with E-state index in [1.807, 2.05) is 0 Å². The molecule has 1 aromatic rings. The van der Waals surface area contributed by atoms with Crippen LogP contribution in [0.5, 0.6) is 0 Å². The topological polar surface area (TPSA) is 49.3 Å². The van der Waals surface area contributed by atoms with E-state index in [9.17, 15) is 4.79 Å². The molecule has 0 heterocycles. The fourth-order valence-electron chi connectivity index (χ4n) is 3.14. The van der Waals surface area contributed by atoms with Crippen molar-refractivity contribution in [1.29, 1.82) is 0 Å². The van der Waals surface area contributed by atoms with Gasteiger partial charge in [0.1, 0.15) is 0 Å². The van der Waals surface area contributed by atoms with Crippen molar-refractivity contribution in [2.75, 3.05) is 0 Å². The molecule has 0 spiro atoms. The highest BCUT2D eigenvalue weighted by Gasteiger charge is 2.23. The quantitative estimate of drug-likeness (QED) is 0.834. The maximum absolute atomic E-state index is 10.6. The van der Waals surface area contributed by atoms with E-state index < -0.39 is 5.97 Å². The van der Waals surface area contributed by atoms with Crippen molar-refractivity contribution in [1.82, 2.24) is 5.32 Å². The van der Waals surface area contributed by atoms with Crippen LogP contribution in [-0.2, 0) is 4.79 Å². The first-order valence-corrected chi connectivity index (χ1v) is 7.68. The number of carboxylic acids is 1. The molecule has 1 atom stereocenters. The van der Waals surface area contributed by atoms with Gasteiger partial charge in [0.05, 0.1) is 0 Å². The van der Waals surface area contributed by atoms with Crippen LogP contribution in [0, 0.1) is 0 Å². The van der Waals surface area contributed by atoms with Crippen molar-refractivity contribution in [3.8, 4) is 0 Å². The molecule has 1 aliphatic carbocycles. The Morgan fingerprint density at radius 3 is 2.50 bits per heavy atom. The first-order chi connectivity index (χ1) is 9.65. The van der Waals surface area contributed by atoms with Crippen LogP contribution in [0.3, 0.4) is 0 Å². The molecule has 0 bridgehead atoms. The molecule has 0 aromatic heterocycles. The summed E-state index contributed by atoms with van der Waals surface area (Å²) in [6, 6.07) is 11.6. The van der Waals surface area contributed by atoms with E-state index in [1.54, 1.807) is 0 Å². The van der Waals surface area contributed by atoms with Crippen LogP contribution in [0.4, 0.5) is 0 Å². The maximum atomic E-state index is 10.6. The van der Waals surface area contributed by atoms with Gasteiger partial charge in [0.25, 0.3) is 0 Å². The van der Waals surface area contributed by atoms with Gasteiger partial charge in [-0.05, 0) is 50.5 Å². The number of benzene rings is 1. The van der Waals surface area contributed by atoms with Gasteiger partial charge in [0, 0.05) is 18.5 Å². The molecule has 110 valence electrons. The molecule has 0 saturated heterocycles. The van der Waals surface area contributed by atoms with Gasteiger partial charge in [-0.3, -0.25) is 4.79 Å². The minimum Gasteiger partial charge on any atom is -0.481 e. The zero-order valence-electron chi connectivity index (χ0n) is 12.2. The molecule has 2 N–H and O–H groups in total. The van der Waals surface area contributed by atoms with Crippen LogP contribution in [0.15, 0.2) is 30.3 Å². The summed E-state index contributed by atoms with van der Waals surface area (Å²) in [6.07, 6.45) is 5.82. The summed E-state index contributed by atoms with van der Waals surface area (Å²) in [5, 5.41) is 12.3. The summed E-state index contributed by atoms with van der Waals surface area (Å²) in [4.78, 5) is 10.6. The molecule has 20 heavy (non-hydrogen) atoms. The third kappa shape index (κ3) is 4.64. The Kier molecular flexibility index (Phi) is 5.60. The second kappa shape index (κ2) is 7.44. The molecule has 0 amide bonds. The molecule has 0 radical (unpaired) electrons. The second-order valence-electron chi connectivity index (χ2n) is 5.96. The summed E-state index contributed by atoms with van der Waals surface area (Å²) < 4.78 is 0. The van der Waals surface area contributed by atoms with E-state index in [2.05, 4.69) is 42.6 Å². The lowest BCUT2D eigenvalue weighted by atomic mass is 9.81. The number of aliphatic carboxylic acids is 1. The smallest absolute Gasteiger partial charge is 0.303 e. The summed E-state index contributed by atoms with van der Waals surface area (Å²) in [5.74, 6) is -0.00462. The van der Waals surface area contributed by atoms with Crippen LogP contribution < -0.4 is 5.32 Å². The fraction of sp³-hybridized carbons (Fsp3) is 0.588. The number of carboxylic acid groups (broad SMARTS) is 1. The Morgan fingerprint density at radius 2 is 1.90 bits per heavy atom. The van der Waals surface area contributed by atoms with E-state index in [1.165, 1.54) is 31.2 Å². The minimum absolute atomic E-state index is 0.257. The monoisotopic (exact) mass is 275 g/mol. The van der Waals surface area contributed by atoms with Crippen molar-refractivity contribution in [2.24, 2.45) is 0 Å². The van der Waals surface area contributed by atoms with Gasteiger partial charge in [0.15, 0.2) is 0 Å². The Labute approximate surface area is 121 Å².